The molecule has 0 heterocycles. The summed E-state index contributed by atoms with van der Waals surface area (Å²) < 4.78 is 41.5. The van der Waals surface area contributed by atoms with Gasteiger partial charge in [-0.25, -0.2) is 0 Å². The summed E-state index contributed by atoms with van der Waals surface area (Å²) in [5, 5.41) is 0. The van der Waals surface area contributed by atoms with Gasteiger partial charge >= 0.3 is 64.3 Å². The van der Waals surface area contributed by atoms with E-state index in [0.717, 1.165) is 19.1 Å². The molecule has 0 fully saturated rings. The van der Waals surface area contributed by atoms with Gasteiger partial charge in [-0.2, -0.15) is 0 Å². The predicted molar refractivity (Wildman–Crippen MR) is 46.5 cm³/mol. The molecule has 1 aromatic rings. The van der Waals surface area contributed by atoms with Crippen LogP contribution < -0.4 is 61.6 Å². The minimum atomic E-state index is -5.14. The van der Waals surface area contributed by atoms with Crippen LogP contribution >= 0.6 is 0 Å². The molecule has 0 bridgehead atoms. The molecular formula is C8H7BF3KO2. The third-order valence-electron chi connectivity index (χ3n) is 1.53. The quantitative estimate of drug-likeness (QED) is 0.365. The summed E-state index contributed by atoms with van der Waals surface area (Å²) in [6.45, 7) is -4.09. The molecule has 0 aromatic heterocycles. The van der Waals surface area contributed by atoms with Gasteiger partial charge in [0.05, 0.1) is 0 Å². The third-order valence-corrected chi connectivity index (χ3v) is 1.53. The molecule has 76 valence electrons. The number of carbonyl (C=O) groups excluding carboxylic acids is 1. The second-order valence-corrected chi connectivity index (χ2v) is 2.71. The minimum Gasteiger partial charge on any atom is -0.445 e. The normalized spacial score (nSPS) is 10.4. The van der Waals surface area contributed by atoms with Gasteiger partial charge < -0.3 is 17.7 Å². The van der Waals surface area contributed by atoms with Gasteiger partial charge in [-0.15, -0.1) is 0 Å². The summed E-state index contributed by atoms with van der Waals surface area (Å²) in [6, 6.07) is 4.63. The smallest absolute Gasteiger partial charge is 0.445 e. The molecular weight excluding hydrogens is 235 g/mol. The summed E-state index contributed by atoms with van der Waals surface area (Å²) in [7, 11) is 0. The molecule has 0 saturated heterocycles. The third kappa shape index (κ3) is 4.69. The number of hydrogen-bond donors (Lipinski definition) is 0. The number of para-hydroxylation sites is 1. The van der Waals surface area contributed by atoms with Crippen LogP contribution in [0.5, 0.6) is 5.75 Å². The van der Waals surface area contributed by atoms with Gasteiger partial charge in [-0.05, 0) is 6.07 Å². The number of benzene rings is 1. The fourth-order valence-electron chi connectivity index (χ4n) is 0.999. The zero-order valence-corrected chi connectivity index (χ0v) is 11.5. The Morgan fingerprint density at radius 3 is 2.27 bits per heavy atom. The molecule has 1 rings (SSSR count). The first kappa shape index (κ1) is 15.2. The van der Waals surface area contributed by atoms with Gasteiger partial charge in [0, 0.05) is 6.92 Å². The van der Waals surface area contributed by atoms with Crippen molar-refractivity contribution in [2.45, 2.75) is 6.92 Å². The molecule has 0 amide bonds. The summed E-state index contributed by atoms with van der Waals surface area (Å²) in [6.07, 6.45) is 0. The van der Waals surface area contributed by atoms with Gasteiger partial charge in [-0.1, -0.05) is 23.7 Å². The molecule has 0 aliphatic rings. The first-order chi connectivity index (χ1) is 6.41. The van der Waals surface area contributed by atoms with E-state index in [1.807, 2.05) is 0 Å². The minimum absolute atomic E-state index is 0. The molecule has 0 aliphatic heterocycles. The van der Waals surface area contributed by atoms with Crippen LogP contribution in [0.3, 0.4) is 0 Å². The molecule has 7 heteroatoms. The molecule has 0 aliphatic carbocycles. The van der Waals surface area contributed by atoms with Crippen LogP contribution in [0.2, 0.25) is 0 Å². The Labute approximate surface area is 128 Å². The van der Waals surface area contributed by atoms with Crippen molar-refractivity contribution in [1.82, 2.24) is 0 Å². The van der Waals surface area contributed by atoms with Crippen molar-refractivity contribution in [2.24, 2.45) is 0 Å². The van der Waals surface area contributed by atoms with Crippen LogP contribution in [0, 0.1) is 0 Å². The maximum atomic E-state index is 12.4. The Balaban J connectivity index is 0.00000196. The molecule has 0 atom stereocenters. The van der Waals surface area contributed by atoms with Crippen molar-refractivity contribution in [3.8, 4) is 5.75 Å². The number of carbonyl (C=O) groups is 1. The van der Waals surface area contributed by atoms with Crippen molar-refractivity contribution in [3.05, 3.63) is 24.3 Å². The van der Waals surface area contributed by atoms with Crippen molar-refractivity contribution in [1.29, 1.82) is 0 Å². The molecule has 15 heavy (non-hydrogen) atoms. The van der Waals surface area contributed by atoms with Crippen LogP contribution in [-0.4, -0.2) is 12.9 Å². The first-order valence-electron chi connectivity index (χ1n) is 3.88. The van der Waals surface area contributed by atoms with Gasteiger partial charge in [0.1, 0.15) is 5.75 Å². The zero-order valence-electron chi connectivity index (χ0n) is 8.34. The Kier molecular flexibility index (Phi) is 6.12. The molecule has 0 saturated carbocycles. The average molecular weight is 242 g/mol. The van der Waals surface area contributed by atoms with E-state index in [1.54, 1.807) is 0 Å². The fraction of sp³-hybridized carbons (Fsp3) is 0.125. The largest absolute Gasteiger partial charge is 1.00 e. The van der Waals surface area contributed by atoms with E-state index in [1.165, 1.54) is 12.1 Å². The van der Waals surface area contributed by atoms with Crippen molar-refractivity contribution in [2.75, 3.05) is 0 Å². The van der Waals surface area contributed by atoms with E-state index in [4.69, 9.17) is 0 Å². The Hall–Kier alpha value is 0.181. The van der Waals surface area contributed by atoms with Crippen molar-refractivity contribution < 1.29 is 73.9 Å². The van der Waals surface area contributed by atoms with E-state index in [9.17, 15) is 17.7 Å². The zero-order chi connectivity index (χ0) is 10.8. The molecule has 1 aromatic carbocycles. The van der Waals surface area contributed by atoms with Gasteiger partial charge in [0.25, 0.3) is 0 Å². The number of ether oxygens (including phenoxy) is 1. The average Bonchev–Trinajstić information content (AvgIpc) is 2.01. The molecule has 0 unspecified atom stereocenters. The summed E-state index contributed by atoms with van der Waals surface area (Å²) >= 11 is 0. The van der Waals surface area contributed by atoms with E-state index in [-0.39, 0.29) is 51.4 Å². The SMILES string of the molecule is CC(=O)Oc1ccccc1[B-](F)(F)F.[K+]. The Morgan fingerprint density at radius 2 is 1.80 bits per heavy atom. The van der Waals surface area contributed by atoms with Gasteiger partial charge in [0.2, 0.25) is 0 Å². The maximum Gasteiger partial charge on any atom is 1.00 e. The van der Waals surface area contributed by atoms with E-state index in [2.05, 4.69) is 4.74 Å². The van der Waals surface area contributed by atoms with Gasteiger partial charge in [0.15, 0.2) is 0 Å². The van der Waals surface area contributed by atoms with E-state index < -0.39 is 24.2 Å². The molecule has 0 N–H and O–H groups in total. The number of halogens is 3. The van der Waals surface area contributed by atoms with Crippen LogP contribution in [0.1, 0.15) is 6.92 Å². The Morgan fingerprint density at radius 1 is 1.27 bits per heavy atom. The van der Waals surface area contributed by atoms with Crippen LogP contribution in [0.4, 0.5) is 12.9 Å². The van der Waals surface area contributed by atoms with Crippen LogP contribution in [0.25, 0.3) is 0 Å². The topological polar surface area (TPSA) is 26.3 Å². The first-order valence-corrected chi connectivity index (χ1v) is 3.88. The fourth-order valence-corrected chi connectivity index (χ4v) is 0.999. The second-order valence-electron chi connectivity index (χ2n) is 2.71. The molecule has 0 radical (unpaired) electrons. The molecule has 0 spiro atoms. The van der Waals surface area contributed by atoms with Crippen LogP contribution in [0.15, 0.2) is 24.3 Å². The van der Waals surface area contributed by atoms with Crippen molar-refractivity contribution >= 4 is 18.4 Å². The van der Waals surface area contributed by atoms with E-state index in [0.29, 0.717) is 0 Å². The predicted octanol–water partition coefficient (Wildman–Crippen LogP) is -1.33. The summed E-state index contributed by atoms with van der Waals surface area (Å²) in [5.41, 5.74) is -0.886. The van der Waals surface area contributed by atoms with Gasteiger partial charge in [-0.3, -0.25) is 4.79 Å². The van der Waals surface area contributed by atoms with E-state index >= 15 is 0 Å². The number of rotatable bonds is 2. The monoisotopic (exact) mass is 242 g/mol. The maximum absolute atomic E-state index is 12.4. The summed E-state index contributed by atoms with van der Waals surface area (Å²) in [4.78, 5) is 10.5. The Bertz CT molecular complexity index is 354. The second kappa shape index (κ2) is 6.05. The van der Waals surface area contributed by atoms with Crippen molar-refractivity contribution in [3.63, 3.8) is 0 Å². The molecule has 2 nitrogen and oxygen atoms in total. The summed E-state index contributed by atoms with van der Waals surface area (Å²) in [5.74, 6) is -1.20. The van der Waals surface area contributed by atoms with Crippen LogP contribution in [-0.2, 0) is 4.79 Å². The standard InChI is InChI=1S/C8H7BF3O2.K/c1-6(13)14-8-5-3-2-4-7(8)9(10,11)12;/h2-5H,1H3;/q-1;+1. The number of hydrogen-bond acceptors (Lipinski definition) is 2. The number of esters is 1.